The number of aromatic hydroxyl groups is 1. The summed E-state index contributed by atoms with van der Waals surface area (Å²) in [5.74, 6) is -18.5. The number of hydrogen-bond donors (Lipinski definition) is 1. The Bertz CT molecular complexity index is 825. The number of halogens is 7. The summed E-state index contributed by atoms with van der Waals surface area (Å²) in [5.41, 5.74) is -5.69. The van der Waals surface area contributed by atoms with E-state index in [9.17, 15) is 40.8 Å². The van der Waals surface area contributed by atoms with E-state index in [0.717, 1.165) is 0 Å². The highest BCUT2D eigenvalue weighted by molar-refractivity contribution is 5.72. The number of nitro benzene ring substituents is 1. The first-order chi connectivity index (χ1) is 10.6. The van der Waals surface area contributed by atoms with Crippen LogP contribution in [0.25, 0.3) is 11.1 Å². The summed E-state index contributed by atoms with van der Waals surface area (Å²) in [6, 6.07) is -0.0887. The molecule has 0 saturated heterocycles. The van der Waals surface area contributed by atoms with Gasteiger partial charge in [0.05, 0.1) is 16.1 Å². The summed E-state index contributed by atoms with van der Waals surface area (Å²) in [7, 11) is 0. The minimum Gasteiger partial charge on any atom is -0.502 e. The van der Waals surface area contributed by atoms with Gasteiger partial charge in [-0.2, -0.15) is 4.39 Å². The molecule has 0 atom stereocenters. The van der Waals surface area contributed by atoms with Gasteiger partial charge in [-0.25, -0.2) is 26.3 Å². The Balaban J connectivity index is 3.00. The van der Waals surface area contributed by atoms with Crippen LogP contribution in [0, 0.1) is 50.8 Å². The quantitative estimate of drug-likeness (QED) is 0.296. The van der Waals surface area contributed by atoms with Gasteiger partial charge in [-0.15, -0.1) is 0 Å². The first-order valence-corrected chi connectivity index (χ1v) is 5.46. The second kappa shape index (κ2) is 5.41. The highest BCUT2D eigenvalue weighted by Gasteiger charge is 2.34. The molecule has 0 bridgehead atoms. The topological polar surface area (TPSA) is 63.4 Å². The summed E-state index contributed by atoms with van der Waals surface area (Å²) in [5, 5.41) is 19.7. The molecule has 0 radical (unpaired) electrons. The number of phenols is 1. The molecule has 0 aliphatic rings. The summed E-state index contributed by atoms with van der Waals surface area (Å²) in [6.45, 7) is 0. The van der Waals surface area contributed by atoms with Crippen molar-refractivity contribution in [3.63, 3.8) is 0 Å². The number of phenolic OH excluding ortho intramolecular Hbond substituents is 1. The number of hydrogen-bond acceptors (Lipinski definition) is 3. The molecule has 1 N–H and O–H groups in total. The van der Waals surface area contributed by atoms with Crippen LogP contribution in [-0.2, 0) is 0 Å². The standard InChI is InChI=1S/C12H2F7NO3/c13-2-1-3(21)12(20(22)23)8(16)4(2)5-6(14)9(17)11(19)10(18)7(5)15/h1,21H. The molecule has 2 aromatic carbocycles. The Morgan fingerprint density at radius 3 is 1.65 bits per heavy atom. The van der Waals surface area contributed by atoms with Crippen molar-refractivity contribution in [2.45, 2.75) is 0 Å². The highest BCUT2D eigenvalue weighted by Crippen LogP contribution is 2.41. The van der Waals surface area contributed by atoms with E-state index in [1.165, 1.54) is 0 Å². The molecule has 2 aromatic rings. The van der Waals surface area contributed by atoms with E-state index in [4.69, 9.17) is 5.11 Å². The summed E-state index contributed by atoms with van der Waals surface area (Å²) >= 11 is 0. The molecule has 0 aliphatic carbocycles. The molecule has 0 fully saturated rings. The van der Waals surface area contributed by atoms with Gasteiger partial charge >= 0.3 is 5.69 Å². The molecule has 11 heteroatoms. The molecule has 0 aliphatic heterocycles. The number of benzene rings is 2. The molecule has 0 spiro atoms. The van der Waals surface area contributed by atoms with Crippen molar-refractivity contribution in [2.24, 2.45) is 0 Å². The average Bonchev–Trinajstić information content (AvgIpc) is 2.45. The van der Waals surface area contributed by atoms with Gasteiger partial charge in [-0.1, -0.05) is 0 Å². The van der Waals surface area contributed by atoms with Gasteiger partial charge in [0.1, 0.15) is 5.82 Å². The fourth-order valence-electron chi connectivity index (χ4n) is 1.82. The molecule has 0 amide bonds. The van der Waals surface area contributed by atoms with Crippen molar-refractivity contribution >= 4 is 5.69 Å². The molecule has 122 valence electrons. The Hall–Kier alpha value is -2.85. The van der Waals surface area contributed by atoms with E-state index in [2.05, 4.69) is 0 Å². The maximum absolute atomic E-state index is 13.9. The third kappa shape index (κ3) is 2.33. The zero-order valence-corrected chi connectivity index (χ0v) is 10.4. The van der Waals surface area contributed by atoms with E-state index >= 15 is 0 Å². The third-order valence-corrected chi connectivity index (χ3v) is 2.81. The number of nitrogens with zero attached hydrogens (tertiary/aromatic N) is 1. The molecular formula is C12H2F7NO3. The first kappa shape index (κ1) is 16.5. The molecule has 2 rings (SSSR count). The molecule has 0 unspecified atom stereocenters. The van der Waals surface area contributed by atoms with Crippen molar-refractivity contribution < 1.29 is 40.8 Å². The van der Waals surface area contributed by atoms with E-state index in [-0.39, 0.29) is 6.07 Å². The third-order valence-electron chi connectivity index (χ3n) is 2.81. The largest absolute Gasteiger partial charge is 0.502 e. The Morgan fingerprint density at radius 2 is 1.22 bits per heavy atom. The minimum absolute atomic E-state index is 0.0887. The van der Waals surface area contributed by atoms with Gasteiger partial charge in [0, 0.05) is 6.07 Å². The van der Waals surface area contributed by atoms with Crippen LogP contribution in [-0.4, -0.2) is 10.0 Å². The predicted octanol–water partition coefficient (Wildman–Crippen LogP) is 3.94. The smallest absolute Gasteiger partial charge is 0.346 e. The maximum Gasteiger partial charge on any atom is 0.346 e. The van der Waals surface area contributed by atoms with Gasteiger partial charge in [0.15, 0.2) is 23.3 Å². The maximum atomic E-state index is 13.9. The zero-order valence-electron chi connectivity index (χ0n) is 10.4. The SMILES string of the molecule is O=[N+]([O-])c1c(O)cc(F)c(-c2c(F)c(F)c(F)c(F)c2F)c1F. The fraction of sp³-hybridized carbons (Fsp3) is 0. The van der Waals surface area contributed by atoms with E-state index in [0.29, 0.717) is 0 Å². The molecule has 0 heterocycles. The lowest BCUT2D eigenvalue weighted by Crippen LogP contribution is -2.07. The average molecular weight is 341 g/mol. The summed E-state index contributed by atoms with van der Waals surface area (Å²) in [6.07, 6.45) is 0. The Morgan fingerprint density at radius 1 is 0.783 bits per heavy atom. The Labute approximate surface area is 121 Å². The van der Waals surface area contributed by atoms with Crippen molar-refractivity contribution in [3.05, 3.63) is 56.9 Å². The zero-order chi connectivity index (χ0) is 17.6. The van der Waals surface area contributed by atoms with Crippen LogP contribution in [0.4, 0.5) is 36.4 Å². The first-order valence-electron chi connectivity index (χ1n) is 5.46. The van der Waals surface area contributed by atoms with Crippen molar-refractivity contribution in [3.8, 4) is 16.9 Å². The van der Waals surface area contributed by atoms with Gasteiger partial charge in [-0.05, 0) is 0 Å². The van der Waals surface area contributed by atoms with Crippen LogP contribution < -0.4 is 0 Å². The normalized spacial score (nSPS) is 10.9. The van der Waals surface area contributed by atoms with Gasteiger partial charge in [0.2, 0.25) is 17.4 Å². The van der Waals surface area contributed by atoms with Crippen LogP contribution >= 0.6 is 0 Å². The van der Waals surface area contributed by atoms with Crippen LogP contribution in [0.15, 0.2) is 6.07 Å². The monoisotopic (exact) mass is 341 g/mol. The van der Waals surface area contributed by atoms with Crippen molar-refractivity contribution in [1.82, 2.24) is 0 Å². The lowest BCUT2D eigenvalue weighted by atomic mass is 10.0. The van der Waals surface area contributed by atoms with Crippen LogP contribution in [0.3, 0.4) is 0 Å². The van der Waals surface area contributed by atoms with Crippen molar-refractivity contribution in [2.75, 3.05) is 0 Å². The summed E-state index contributed by atoms with van der Waals surface area (Å²) < 4.78 is 93.9. The number of rotatable bonds is 2. The second-order valence-corrected chi connectivity index (χ2v) is 4.12. The minimum atomic E-state index is -2.58. The number of nitro groups is 1. The highest BCUT2D eigenvalue weighted by atomic mass is 19.2. The van der Waals surface area contributed by atoms with Gasteiger partial charge in [0.25, 0.3) is 0 Å². The van der Waals surface area contributed by atoms with Crippen molar-refractivity contribution in [1.29, 1.82) is 0 Å². The van der Waals surface area contributed by atoms with Gasteiger partial charge in [-0.3, -0.25) is 10.1 Å². The fourth-order valence-corrected chi connectivity index (χ4v) is 1.82. The van der Waals surface area contributed by atoms with Crippen LogP contribution in [0.5, 0.6) is 5.75 Å². The molecule has 0 aromatic heterocycles. The van der Waals surface area contributed by atoms with E-state index < -0.39 is 68.2 Å². The van der Waals surface area contributed by atoms with E-state index in [1.54, 1.807) is 0 Å². The Kier molecular flexibility index (Phi) is 3.89. The molecule has 4 nitrogen and oxygen atoms in total. The van der Waals surface area contributed by atoms with Gasteiger partial charge < -0.3 is 5.11 Å². The molecule has 23 heavy (non-hydrogen) atoms. The van der Waals surface area contributed by atoms with Crippen LogP contribution in [0.2, 0.25) is 0 Å². The lowest BCUT2D eigenvalue weighted by molar-refractivity contribution is -0.388. The molecular weight excluding hydrogens is 339 g/mol. The summed E-state index contributed by atoms with van der Waals surface area (Å²) in [4.78, 5) is 9.03. The predicted molar refractivity (Wildman–Crippen MR) is 59.9 cm³/mol. The molecule has 0 saturated carbocycles. The van der Waals surface area contributed by atoms with Crippen LogP contribution in [0.1, 0.15) is 0 Å². The second-order valence-electron chi connectivity index (χ2n) is 4.12. The van der Waals surface area contributed by atoms with E-state index in [1.807, 2.05) is 0 Å². The lowest BCUT2D eigenvalue weighted by Gasteiger charge is -2.11.